The number of hydrogen-bond acceptors (Lipinski definition) is 7. The van der Waals surface area contributed by atoms with Crippen LogP contribution in [-0.2, 0) is 16.1 Å². The molecule has 3 aromatic carbocycles. The van der Waals surface area contributed by atoms with Crippen LogP contribution in [0.1, 0.15) is 11.1 Å². The normalized spacial score (nSPS) is 15.4. The molecular formula is C26H18Cl2N2O5S2. The van der Waals surface area contributed by atoms with E-state index in [1.807, 2.05) is 18.2 Å². The molecule has 7 nitrogen and oxygen atoms in total. The van der Waals surface area contributed by atoms with Gasteiger partial charge in [-0.25, -0.2) is 0 Å². The van der Waals surface area contributed by atoms with E-state index < -0.39 is 0 Å². The predicted molar refractivity (Wildman–Crippen MR) is 148 cm³/mol. The van der Waals surface area contributed by atoms with Gasteiger partial charge in [0.05, 0.1) is 21.5 Å². The quantitative estimate of drug-likeness (QED) is 0.269. The summed E-state index contributed by atoms with van der Waals surface area (Å²) in [5.41, 5.74) is 2.22. The fourth-order valence-electron chi connectivity index (χ4n) is 3.59. The Balaban J connectivity index is 1.17. The third-order valence-electron chi connectivity index (χ3n) is 5.40. The van der Waals surface area contributed by atoms with Crippen molar-refractivity contribution in [3.05, 3.63) is 86.7 Å². The number of ether oxygens (including phenoxy) is 3. The summed E-state index contributed by atoms with van der Waals surface area (Å²) in [4.78, 5) is 27.3. The van der Waals surface area contributed by atoms with Crippen LogP contribution in [0, 0.1) is 0 Å². The highest BCUT2D eigenvalue weighted by Gasteiger charge is 2.32. The van der Waals surface area contributed by atoms with Crippen molar-refractivity contribution in [1.82, 2.24) is 4.90 Å². The summed E-state index contributed by atoms with van der Waals surface area (Å²) in [6.07, 6.45) is 1.78. The number of benzene rings is 3. The van der Waals surface area contributed by atoms with E-state index in [1.165, 1.54) is 11.8 Å². The zero-order chi connectivity index (χ0) is 25.9. The first-order chi connectivity index (χ1) is 17.9. The van der Waals surface area contributed by atoms with E-state index in [1.54, 1.807) is 53.4 Å². The lowest BCUT2D eigenvalue weighted by Gasteiger charge is -2.14. The molecule has 0 radical (unpaired) electrons. The van der Waals surface area contributed by atoms with Gasteiger partial charge in [-0.3, -0.25) is 14.5 Å². The van der Waals surface area contributed by atoms with Crippen molar-refractivity contribution < 1.29 is 23.8 Å². The average molecular weight is 573 g/mol. The number of fused-ring (bicyclic) bond motifs is 1. The van der Waals surface area contributed by atoms with E-state index in [9.17, 15) is 9.59 Å². The number of thiocarbonyl (C=S) groups is 1. The Morgan fingerprint density at radius 1 is 1.05 bits per heavy atom. The van der Waals surface area contributed by atoms with E-state index in [0.717, 1.165) is 11.1 Å². The lowest BCUT2D eigenvalue weighted by Crippen LogP contribution is -2.27. The number of thioether (sulfide) groups is 1. The minimum Gasteiger partial charge on any atom is -0.484 e. The van der Waals surface area contributed by atoms with Gasteiger partial charge in [0.15, 0.2) is 18.1 Å². The molecule has 37 heavy (non-hydrogen) atoms. The van der Waals surface area contributed by atoms with E-state index >= 15 is 0 Å². The number of nitrogens with zero attached hydrogens (tertiary/aromatic N) is 1. The molecule has 2 amide bonds. The SMILES string of the molecule is O=C(COc1ccc(/C=C2\SC(=S)N(Cc3ccc4c(c3)OCO4)C2=O)cc1)Nc1ccc(Cl)c(Cl)c1. The molecule has 188 valence electrons. The fourth-order valence-corrected chi connectivity index (χ4v) is 5.14. The van der Waals surface area contributed by atoms with Crippen molar-refractivity contribution in [2.45, 2.75) is 6.54 Å². The van der Waals surface area contributed by atoms with Gasteiger partial charge < -0.3 is 19.5 Å². The summed E-state index contributed by atoms with van der Waals surface area (Å²) in [5.74, 6) is 1.36. The molecule has 0 unspecified atom stereocenters. The number of nitrogens with one attached hydrogen (secondary N) is 1. The van der Waals surface area contributed by atoms with E-state index in [2.05, 4.69) is 5.32 Å². The molecule has 0 spiro atoms. The van der Waals surface area contributed by atoms with Gasteiger partial charge in [-0.2, -0.15) is 0 Å². The van der Waals surface area contributed by atoms with Crippen LogP contribution in [0.4, 0.5) is 5.69 Å². The highest BCUT2D eigenvalue weighted by atomic mass is 35.5. The summed E-state index contributed by atoms with van der Waals surface area (Å²) >= 11 is 18.6. The Morgan fingerprint density at radius 3 is 2.62 bits per heavy atom. The molecular weight excluding hydrogens is 555 g/mol. The van der Waals surface area contributed by atoms with Crippen LogP contribution in [0.25, 0.3) is 6.08 Å². The first kappa shape index (κ1) is 25.4. The molecule has 3 aromatic rings. The number of rotatable bonds is 7. The monoisotopic (exact) mass is 572 g/mol. The lowest BCUT2D eigenvalue weighted by atomic mass is 10.2. The molecule has 2 heterocycles. The second-order valence-corrected chi connectivity index (χ2v) is 10.5. The Morgan fingerprint density at radius 2 is 1.84 bits per heavy atom. The standard InChI is InChI=1S/C26H18Cl2N2O5S2/c27-19-7-4-17(11-20(19)28)29-24(31)13-33-18-5-1-15(2-6-18)10-23-25(32)30(26(36)37-23)12-16-3-8-21-22(9-16)35-14-34-21/h1-11H,12-14H2,(H,29,31)/b23-10-. The first-order valence-electron chi connectivity index (χ1n) is 11.0. The maximum absolute atomic E-state index is 13.0. The highest BCUT2D eigenvalue weighted by molar-refractivity contribution is 8.26. The van der Waals surface area contributed by atoms with Gasteiger partial charge >= 0.3 is 0 Å². The molecule has 0 aliphatic carbocycles. The van der Waals surface area contributed by atoms with Crippen LogP contribution in [0.2, 0.25) is 10.0 Å². The number of hydrogen-bond donors (Lipinski definition) is 1. The molecule has 2 aliphatic rings. The molecule has 1 saturated heterocycles. The number of carbonyl (C=O) groups excluding carboxylic acids is 2. The number of carbonyl (C=O) groups is 2. The second kappa shape index (κ2) is 11.0. The summed E-state index contributed by atoms with van der Waals surface area (Å²) in [6.45, 7) is 0.353. The van der Waals surface area contributed by atoms with Crippen molar-refractivity contribution in [3.63, 3.8) is 0 Å². The molecule has 1 N–H and O–H groups in total. The van der Waals surface area contributed by atoms with E-state index in [-0.39, 0.29) is 25.2 Å². The van der Waals surface area contributed by atoms with Crippen LogP contribution in [0.15, 0.2) is 65.6 Å². The second-order valence-electron chi connectivity index (χ2n) is 7.99. The fraction of sp³-hybridized carbons (Fsp3) is 0.115. The Bertz CT molecular complexity index is 1430. The van der Waals surface area contributed by atoms with Gasteiger partial charge in [-0.1, -0.05) is 65.4 Å². The van der Waals surface area contributed by atoms with Gasteiger partial charge in [0.2, 0.25) is 6.79 Å². The average Bonchev–Trinajstić information content (AvgIpc) is 3.45. The lowest BCUT2D eigenvalue weighted by molar-refractivity contribution is -0.122. The zero-order valence-corrected chi connectivity index (χ0v) is 22.2. The minimum absolute atomic E-state index is 0.160. The smallest absolute Gasteiger partial charge is 0.266 e. The van der Waals surface area contributed by atoms with Crippen LogP contribution < -0.4 is 19.5 Å². The Kier molecular flexibility index (Phi) is 7.57. The van der Waals surface area contributed by atoms with Crippen molar-refractivity contribution >= 4 is 75.1 Å². The highest BCUT2D eigenvalue weighted by Crippen LogP contribution is 2.36. The molecule has 0 atom stereocenters. The van der Waals surface area contributed by atoms with E-state index in [0.29, 0.717) is 48.8 Å². The van der Waals surface area contributed by atoms with Crippen molar-refractivity contribution in [2.75, 3.05) is 18.7 Å². The maximum atomic E-state index is 13.0. The first-order valence-corrected chi connectivity index (χ1v) is 13.0. The Labute approximate surface area is 232 Å². The number of anilines is 1. The third kappa shape index (κ3) is 6.02. The third-order valence-corrected chi connectivity index (χ3v) is 7.52. The maximum Gasteiger partial charge on any atom is 0.266 e. The molecule has 1 fully saturated rings. The Hall–Kier alpha value is -3.24. The van der Waals surface area contributed by atoms with Crippen LogP contribution >= 0.6 is 47.2 Å². The van der Waals surface area contributed by atoms with E-state index in [4.69, 9.17) is 49.6 Å². The van der Waals surface area contributed by atoms with Crippen molar-refractivity contribution in [2.24, 2.45) is 0 Å². The number of amides is 2. The summed E-state index contributed by atoms with van der Waals surface area (Å²) in [6, 6.07) is 17.4. The van der Waals surface area contributed by atoms with Crippen LogP contribution in [0.5, 0.6) is 17.2 Å². The van der Waals surface area contributed by atoms with Crippen molar-refractivity contribution in [3.8, 4) is 17.2 Å². The zero-order valence-electron chi connectivity index (χ0n) is 19.0. The molecule has 0 saturated carbocycles. The summed E-state index contributed by atoms with van der Waals surface area (Å²) in [7, 11) is 0. The molecule has 2 aliphatic heterocycles. The molecule has 0 aromatic heterocycles. The van der Waals surface area contributed by atoms with Crippen LogP contribution in [-0.4, -0.2) is 34.4 Å². The minimum atomic E-state index is -0.339. The summed E-state index contributed by atoms with van der Waals surface area (Å²) < 4.78 is 16.8. The largest absolute Gasteiger partial charge is 0.484 e. The molecule has 11 heteroatoms. The van der Waals surface area contributed by atoms with Crippen molar-refractivity contribution in [1.29, 1.82) is 0 Å². The summed E-state index contributed by atoms with van der Waals surface area (Å²) in [5, 5.41) is 3.45. The van der Waals surface area contributed by atoms with Gasteiger partial charge in [0, 0.05) is 5.69 Å². The van der Waals surface area contributed by atoms with Crippen LogP contribution in [0.3, 0.4) is 0 Å². The van der Waals surface area contributed by atoms with Gasteiger partial charge in [0.25, 0.3) is 11.8 Å². The number of halogens is 2. The van der Waals surface area contributed by atoms with Gasteiger partial charge in [0.1, 0.15) is 10.1 Å². The van der Waals surface area contributed by atoms with Gasteiger partial charge in [-0.05, 0) is 59.7 Å². The predicted octanol–water partition coefficient (Wildman–Crippen LogP) is 6.14. The molecule has 0 bridgehead atoms. The van der Waals surface area contributed by atoms with Gasteiger partial charge in [-0.15, -0.1) is 0 Å². The topological polar surface area (TPSA) is 77.1 Å². The molecule has 5 rings (SSSR count).